The van der Waals surface area contributed by atoms with Gasteiger partial charge in [-0.1, -0.05) is 32.0 Å². The third kappa shape index (κ3) is 5.22. The fourth-order valence-electron chi connectivity index (χ4n) is 2.54. The number of benzene rings is 2. The third-order valence-electron chi connectivity index (χ3n) is 3.96. The van der Waals surface area contributed by atoms with E-state index in [1.165, 1.54) is 12.1 Å². The van der Waals surface area contributed by atoms with Crippen molar-refractivity contribution < 1.29 is 27.1 Å². The van der Waals surface area contributed by atoms with Gasteiger partial charge in [0.15, 0.2) is 6.10 Å². The second kappa shape index (κ2) is 8.74. The lowest BCUT2D eigenvalue weighted by Gasteiger charge is -2.23. The van der Waals surface area contributed by atoms with Crippen LogP contribution in [0.2, 0.25) is 0 Å². The number of alkyl halides is 3. The van der Waals surface area contributed by atoms with Gasteiger partial charge in [-0.2, -0.15) is 18.4 Å². The largest absolute Gasteiger partial charge is 0.479 e. The zero-order valence-electron chi connectivity index (χ0n) is 15.2. The molecular weight excluding hydrogens is 376 g/mol. The Hall–Kier alpha value is -3.08. The normalized spacial score (nSPS) is 12.4. The topological polar surface area (TPSA) is 62.1 Å². The minimum Gasteiger partial charge on any atom is -0.479 e. The van der Waals surface area contributed by atoms with Crippen LogP contribution in [-0.4, -0.2) is 12.0 Å². The maximum absolute atomic E-state index is 13.2. The van der Waals surface area contributed by atoms with Gasteiger partial charge in [0.05, 0.1) is 11.1 Å². The Morgan fingerprint density at radius 3 is 2.50 bits per heavy atom. The number of hydrogen-bond acceptors (Lipinski definition) is 3. The van der Waals surface area contributed by atoms with Gasteiger partial charge in [-0.25, -0.2) is 4.39 Å². The van der Waals surface area contributed by atoms with E-state index in [1.54, 1.807) is 26.0 Å². The lowest BCUT2D eigenvalue weighted by molar-refractivity contribution is -0.139. The molecule has 0 bridgehead atoms. The molecule has 4 nitrogen and oxygen atoms in total. The molecular formula is C20H18F4N2O2. The summed E-state index contributed by atoms with van der Waals surface area (Å²) < 4.78 is 58.1. The van der Waals surface area contributed by atoms with Crippen molar-refractivity contribution in [2.24, 2.45) is 5.92 Å². The van der Waals surface area contributed by atoms with Crippen LogP contribution in [0.4, 0.5) is 17.6 Å². The van der Waals surface area contributed by atoms with E-state index in [0.29, 0.717) is 6.07 Å². The smallest absolute Gasteiger partial charge is 0.416 e. The molecule has 0 aliphatic rings. The van der Waals surface area contributed by atoms with Gasteiger partial charge in [-0.05, 0) is 35.7 Å². The molecule has 0 saturated carbocycles. The summed E-state index contributed by atoms with van der Waals surface area (Å²) in [6, 6.07) is 10.6. The monoisotopic (exact) mass is 394 g/mol. The molecule has 0 aliphatic heterocycles. The maximum atomic E-state index is 13.2. The summed E-state index contributed by atoms with van der Waals surface area (Å²) in [6.45, 7) is 2.97. The van der Waals surface area contributed by atoms with E-state index in [2.05, 4.69) is 5.32 Å². The van der Waals surface area contributed by atoms with Crippen molar-refractivity contribution in [3.63, 3.8) is 0 Å². The molecule has 1 amide bonds. The van der Waals surface area contributed by atoms with Crippen LogP contribution in [-0.2, 0) is 17.5 Å². The molecule has 1 atom stereocenters. The summed E-state index contributed by atoms with van der Waals surface area (Å²) in [6.07, 6.45) is -5.77. The maximum Gasteiger partial charge on any atom is 0.416 e. The molecule has 0 aliphatic carbocycles. The molecule has 2 aromatic carbocycles. The highest BCUT2D eigenvalue weighted by molar-refractivity contribution is 5.81. The summed E-state index contributed by atoms with van der Waals surface area (Å²) in [5.41, 5.74) is -1.18. The van der Waals surface area contributed by atoms with E-state index in [1.807, 2.05) is 6.07 Å². The van der Waals surface area contributed by atoms with Gasteiger partial charge < -0.3 is 10.1 Å². The van der Waals surface area contributed by atoms with E-state index < -0.39 is 36.1 Å². The summed E-state index contributed by atoms with van der Waals surface area (Å²) >= 11 is 0. The molecule has 0 heterocycles. The molecule has 0 spiro atoms. The molecule has 0 radical (unpaired) electrons. The predicted octanol–water partition coefficient (Wildman–Crippen LogP) is 4.44. The quantitative estimate of drug-likeness (QED) is 0.737. The Bertz CT molecular complexity index is 889. The van der Waals surface area contributed by atoms with Gasteiger partial charge in [0, 0.05) is 6.54 Å². The predicted molar refractivity (Wildman–Crippen MR) is 93.7 cm³/mol. The molecule has 0 saturated heterocycles. The summed E-state index contributed by atoms with van der Waals surface area (Å²) in [5.74, 6) is -1.77. The van der Waals surface area contributed by atoms with Crippen LogP contribution in [0.3, 0.4) is 0 Å². The molecule has 0 aromatic heterocycles. The first-order valence-corrected chi connectivity index (χ1v) is 8.42. The fraction of sp³-hybridized carbons (Fsp3) is 0.300. The lowest BCUT2D eigenvalue weighted by Crippen LogP contribution is -2.41. The fourth-order valence-corrected chi connectivity index (χ4v) is 2.54. The van der Waals surface area contributed by atoms with Crippen molar-refractivity contribution in [3.05, 3.63) is 65.0 Å². The van der Waals surface area contributed by atoms with Crippen LogP contribution in [0.5, 0.6) is 5.75 Å². The first-order valence-electron chi connectivity index (χ1n) is 8.42. The van der Waals surface area contributed by atoms with Crippen LogP contribution in [0, 0.1) is 23.1 Å². The Kier molecular flexibility index (Phi) is 6.62. The number of carbonyl (C=O) groups excluding carboxylic acids is 1. The third-order valence-corrected chi connectivity index (χ3v) is 3.96. The van der Waals surface area contributed by atoms with Crippen LogP contribution in [0.1, 0.15) is 30.5 Å². The molecule has 2 rings (SSSR count). The first-order chi connectivity index (χ1) is 13.1. The molecule has 2 aromatic rings. The van der Waals surface area contributed by atoms with Crippen molar-refractivity contribution in [1.29, 1.82) is 5.26 Å². The van der Waals surface area contributed by atoms with Gasteiger partial charge in [0.1, 0.15) is 17.6 Å². The molecule has 1 N–H and O–H groups in total. The summed E-state index contributed by atoms with van der Waals surface area (Å²) in [7, 11) is 0. The minimum atomic E-state index is -4.75. The van der Waals surface area contributed by atoms with Crippen molar-refractivity contribution in [2.75, 3.05) is 0 Å². The zero-order chi connectivity index (χ0) is 20.9. The second-order valence-electron chi connectivity index (χ2n) is 6.41. The number of rotatable bonds is 6. The molecule has 8 heteroatoms. The zero-order valence-corrected chi connectivity index (χ0v) is 15.2. The minimum absolute atomic E-state index is 0.205. The number of halogens is 4. The van der Waals surface area contributed by atoms with Crippen LogP contribution in [0.15, 0.2) is 42.5 Å². The van der Waals surface area contributed by atoms with Crippen molar-refractivity contribution in [3.8, 4) is 11.8 Å². The van der Waals surface area contributed by atoms with Gasteiger partial charge in [-0.15, -0.1) is 0 Å². The highest BCUT2D eigenvalue weighted by Gasteiger charge is 2.34. The number of nitrogens with zero attached hydrogens (tertiary/aromatic N) is 1. The van der Waals surface area contributed by atoms with Gasteiger partial charge in [0.25, 0.3) is 5.91 Å². The highest BCUT2D eigenvalue weighted by Crippen LogP contribution is 2.32. The SMILES string of the molecule is CC(C)C(Oc1ccccc1C#N)C(=O)NCc1ccc(F)cc1C(F)(F)F. The average molecular weight is 394 g/mol. The number of amides is 1. The van der Waals surface area contributed by atoms with Crippen molar-refractivity contribution in [1.82, 2.24) is 5.32 Å². The van der Waals surface area contributed by atoms with Crippen molar-refractivity contribution in [2.45, 2.75) is 32.7 Å². The Morgan fingerprint density at radius 1 is 1.21 bits per heavy atom. The van der Waals surface area contributed by atoms with E-state index in [4.69, 9.17) is 10.00 Å². The van der Waals surface area contributed by atoms with E-state index in [-0.39, 0.29) is 22.8 Å². The van der Waals surface area contributed by atoms with E-state index in [0.717, 1.165) is 12.1 Å². The molecule has 1 unspecified atom stereocenters. The highest BCUT2D eigenvalue weighted by atomic mass is 19.4. The van der Waals surface area contributed by atoms with Crippen LogP contribution < -0.4 is 10.1 Å². The number of nitriles is 1. The molecule has 0 fully saturated rings. The number of ether oxygens (including phenoxy) is 1. The first kappa shape index (κ1) is 21.2. The van der Waals surface area contributed by atoms with Crippen LogP contribution >= 0.6 is 0 Å². The Balaban J connectivity index is 2.17. The standard InChI is InChI=1S/C20H18F4N2O2/c1-12(2)18(28-17-6-4-3-5-13(17)10-25)19(27)26-11-14-7-8-15(21)9-16(14)20(22,23)24/h3-9,12,18H,11H2,1-2H3,(H,26,27). The van der Waals surface area contributed by atoms with E-state index in [9.17, 15) is 22.4 Å². The van der Waals surface area contributed by atoms with Crippen LogP contribution in [0.25, 0.3) is 0 Å². The average Bonchev–Trinajstić information content (AvgIpc) is 2.64. The summed E-state index contributed by atoms with van der Waals surface area (Å²) in [4.78, 5) is 12.5. The number of para-hydroxylation sites is 1. The summed E-state index contributed by atoms with van der Waals surface area (Å²) in [5, 5.41) is 11.5. The van der Waals surface area contributed by atoms with Gasteiger partial charge in [0.2, 0.25) is 0 Å². The number of hydrogen-bond donors (Lipinski definition) is 1. The number of carbonyl (C=O) groups is 1. The van der Waals surface area contributed by atoms with E-state index >= 15 is 0 Å². The lowest BCUT2D eigenvalue weighted by atomic mass is 10.0. The second-order valence-corrected chi connectivity index (χ2v) is 6.41. The molecule has 148 valence electrons. The van der Waals surface area contributed by atoms with Gasteiger partial charge >= 0.3 is 6.18 Å². The van der Waals surface area contributed by atoms with Gasteiger partial charge in [-0.3, -0.25) is 4.79 Å². The Labute approximate surface area is 159 Å². The molecule has 28 heavy (non-hydrogen) atoms. The van der Waals surface area contributed by atoms with Crippen molar-refractivity contribution >= 4 is 5.91 Å². The number of nitrogens with one attached hydrogen (secondary N) is 1. The Morgan fingerprint density at radius 2 is 1.89 bits per heavy atom.